The second kappa shape index (κ2) is 5.67. The van der Waals surface area contributed by atoms with Gasteiger partial charge in [0.1, 0.15) is 11.7 Å². The summed E-state index contributed by atoms with van der Waals surface area (Å²) in [5.41, 5.74) is -0.169. The summed E-state index contributed by atoms with van der Waals surface area (Å²) in [6, 6.07) is 6.96. The Hall–Kier alpha value is -2.81. The van der Waals surface area contributed by atoms with Crippen molar-refractivity contribution in [3.8, 4) is 6.07 Å². The summed E-state index contributed by atoms with van der Waals surface area (Å²) in [5.74, 6) is -0.846. The molecule has 0 aliphatic carbocycles. The Labute approximate surface area is 121 Å². The van der Waals surface area contributed by atoms with Crippen molar-refractivity contribution < 1.29 is 13.9 Å². The molecule has 0 spiro atoms. The number of hydrogen-bond donors (Lipinski definition) is 0. The number of hydrogen-bond acceptors (Lipinski definition) is 6. The molecule has 1 aromatic heterocycles. The third-order valence-electron chi connectivity index (χ3n) is 3.00. The second-order valence-electron chi connectivity index (χ2n) is 4.55. The Bertz CT molecular complexity index is 800. The topological polar surface area (TPSA) is 83.5 Å². The van der Waals surface area contributed by atoms with Crippen molar-refractivity contribution in [2.45, 2.75) is 6.92 Å². The quantitative estimate of drug-likeness (QED) is 0.633. The van der Waals surface area contributed by atoms with Gasteiger partial charge in [0.2, 0.25) is 0 Å². The van der Waals surface area contributed by atoms with E-state index in [9.17, 15) is 14.9 Å². The van der Waals surface area contributed by atoms with E-state index in [2.05, 4.69) is 0 Å². The van der Waals surface area contributed by atoms with Crippen molar-refractivity contribution in [2.75, 3.05) is 25.6 Å². The van der Waals surface area contributed by atoms with E-state index in [4.69, 9.17) is 9.15 Å². The molecule has 1 heterocycles. The summed E-state index contributed by atoms with van der Waals surface area (Å²) < 4.78 is 9.96. The van der Waals surface area contributed by atoms with Crippen LogP contribution in [0.4, 0.5) is 5.69 Å². The Balaban J connectivity index is 2.77. The number of ether oxygens (including phenoxy) is 1. The standard InChI is InChI=1S/C15H14N2O4/c1-4-20-14(18)13-11(8-16)10-6-5-9(17(2)3)7-12(10)21-15(13)19/h5-7H,4H2,1-3H3. The van der Waals surface area contributed by atoms with Crippen LogP contribution in [0.2, 0.25) is 0 Å². The maximum absolute atomic E-state index is 12.0. The molecular weight excluding hydrogens is 272 g/mol. The average Bonchev–Trinajstić information content (AvgIpc) is 2.45. The van der Waals surface area contributed by atoms with Crippen molar-refractivity contribution in [2.24, 2.45) is 0 Å². The number of carbonyl (C=O) groups excluding carboxylic acids is 1. The minimum Gasteiger partial charge on any atom is -0.462 e. The fourth-order valence-corrected chi connectivity index (χ4v) is 1.97. The van der Waals surface area contributed by atoms with Gasteiger partial charge in [0.15, 0.2) is 5.56 Å². The zero-order valence-corrected chi connectivity index (χ0v) is 12.0. The van der Waals surface area contributed by atoms with Crippen LogP contribution in [0.25, 0.3) is 11.0 Å². The first-order chi connectivity index (χ1) is 9.99. The Morgan fingerprint density at radius 2 is 2.14 bits per heavy atom. The van der Waals surface area contributed by atoms with Crippen molar-refractivity contribution in [3.05, 3.63) is 39.7 Å². The number of esters is 1. The molecule has 21 heavy (non-hydrogen) atoms. The van der Waals surface area contributed by atoms with Crippen LogP contribution < -0.4 is 10.5 Å². The molecule has 0 fully saturated rings. The smallest absolute Gasteiger partial charge is 0.352 e. The van der Waals surface area contributed by atoms with Crippen molar-refractivity contribution in [1.29, 1.82) is 5.26 Å². The first-order valence-electron chi connectivity index (χ1n) is 6.35. The van der Waals surface area contributed by atoms with Crippen LogP contribution >= 0.6 is 0 Å². The van der Waals surface area contributed by atoms with Gasteiger partial charge in [-0.1, -0.05) is 0 Å². The van der Waals surface area contributed by atoms with Crippen molar-refractivity contribution in [3.63, 3.8) is 0 Å². The van der Waals surface area contributed by atoms with Crippen molar-refractivity contribution >= 4 is 22.6 Å². The van der Waals surface area contributed by atoms with Crippen LogP contribution in [-0.4, -0.2) is 26.7 Å². The molecule has 108 valence electrons. The molecule has 0 aliphatic heterocycles. The zero-order valence-electron chi connectivity index (χ0n) is 12.0. The summed E-state index contributed by atoms with van der Waals surface area (Å²) in [5, 5.41) is 9.70. The number of carbonyl (C=O) groups is 1. The number of nitriles is 1. The molecule has 0 atom stereocenters. The van der Waals surface area contributed by atoms with Gasteiger partial charge in [0.05, 0.1) is 12.2 Å². The lowest BCUT2D eigenvalue weighted by atomic mass is 10.1. The van der Waals surface area contributed by atoms with Crippen LogP contribution in [0.5, 0.6) is 0 Å². The van der Waals surface area contributed by atoms with Crippen LogP contribution in [0.15, 0.2) is 27.4 Å². The second-order valence-corrected chi connectivity index (χ2v) is 4.55. The molecule has 0 saturated carbocycles. The maximum Gasteiger partial charge on any atom is 0.352 e. The van der Waals surface area contributed by atoms with E-state index in [1.165, 1.54) is 0 Å². The van der Waals surface area contributed by atoms with E-state index in [1.807, 2.05) is 25.1 Å². The molecule has 0 radical (unpaired) electrons. The van der Waals surface area contributed by atoms with Crippen LogP contribution in [0.3, 0.4) is 0 Å². The minimum atomic E-state index is -0.867. The van der Waals surface area contributed by atoms with Gasteiger partial charge >= 0.3 is 11.6 Å². The summed E-state index contributed by atoms with van der Waals surface area (Å²) >= 11 is 0. The van der Waals surface area contributed by atoms with E-state index >= 15 is 0 Å². The molecule has 0 N–H and O–H groups in total. The third kappa shape index (κ3) is 2.58. The number of nitrogens with zero attached hydrogens (tertiary/aromatic N) is 2. The highest BCUT2D eigenvalue weighted by Gasteiger charge is 2.22. The summed E-state index contributed by atoms with van der Waals surface area (Å²) in [6.45, 7) is 1.73. The van der Waals surface area contributed by atoms with Gasteiger partial charge in [0, 0.05) is 31.2 Å². The average molecular weight is 286 g/mol. The highest BCUT2D eigenvalue weighted by Crippen LogP contribution is 2.24. The van der Waals surface area contributed by atoms with E-state index in [-0.39, 0.29) is 23.3 Å². The van der Waals surface area contributed by atoms with Crippen molar-refractivity contribution in [1.82, 2.24) is 0 Å². The number of rotatable bonds is 3. The molecule has 0 unspecified atom stereocenters. The molecule has 0 bridgehead atoms. The van der Waals surface area contributed by atoms with Gasteiger partial charge in [0.25, 0.3) is 0 Å². The zero-order chi connectivity index (χ0) is 15.6. The van der Waals surface area contributed by atoms with Crippen LogP contribution in [0.1, 0.15) is 22.8 Å². The first kappa shape index (κ1) is 14.6. The molecule has 1 aromatic carbocycles. The highest BCUT2D eigenvalue weighted by atomic mass is 16.5. The fourth-order valence-electron chi connectivity index (χ4n) is 1.97. The molecule has 2 aromatic rings. The summed E-state index contributed by atoms with van der Waals surface area (Å²) in [4.78, 5) is 25.6. The highest BCUT2D eigenvalue weighted by molar-refractivity contribution is 5.98. The Morgan fingerprint density at radius 3 is 2.71 bits per heavy atom. The lowest BCUT2D eigenvalue weighted by Crippen LogP contribution is -2.19. The Kier molecular flexibility index (Phi) is 3.94. The van der Waals surface area contributed by atoms with E-state index < -0.39 is 11.6 Å². The molecule has 6 nitrogen and oxygen atoms in total. The largest absolute Gasteiger partial charge is 0.462 e. The van der Waals surface area contributed by atoms with Crippen LogP contribution in [-0.2, 0) is 4.74 Å². The number of fused-ring (bicyclic) bond motifs is 1. The Morgan fingerprint density at radius 1 is 1.43 bits per heavy atom. The normalized spacial score (nSPS) is 10.2. The molecule has 0 saturated heterocycles. The summed E-state index contributed by atoms with van der Waals surface area (Å²) in [7, 11) is 3.69. The van der Waals surface area contributed by atoms with Gasteiger partial charge in [-0.25, -0.2) is 9.59 Å². The number of benzene rings is 1. The fraction of sp³-hybridized carbons (Fsp3) is 0.267. The third-order valence-corrected chi connectivity index (χ3v) is 3.00. The van der Waals surface area contributed by atoms with E-state index in [1.54, 1.807) is 25.1 Å². The van der Waals surface area contributed by atoms with Gasteiger partial charge in [-0.15, -0.1) is 0 Å². The van der Waals surface area contributed by atoms with E-state index in [0.29, 0.717) is 5.39 Å². The van der Waals surface area contributed by atoms with Gasteiger partial charge in [-0.3, -0.25) is 0 Å². The molecule has 0 amide bonds. The van der Waals surface area contributed by atoms with Gasteiger partial charge in [-0.05, 0) is 19.1 Å². The minimum absolute atomic E-state index is 0.0231. The predicted molar refractivity (Wildman–Crippen MR) is 77.5 cm³/mol. The van der Waals surface area contributed by atoms with Gasteiger partial charge in [-0.2, -0.15) is 5.26 Å². The van der Waals surface area contributed by atoms with Crippen LogP contribution in [0, 0.1) is 11.3 Å². The lowest BCUT2D eigenvalue weighted by Gasteiger charge is -2.13. The lowest BCUT2D eigenvalue weighted by molar-refractivity contribution is 0.0521. The molecular formula is C15H14N2O4. The molecule has 2 rings (SSSR count). The predicted octanol–water partition coefficient (Wildman–Crippen LogP) is 1.91. The SMILES string of the molecule is CCOC(=O)c1c(C#N)c2ccc(N(C)C)cc2oc1=O. The summed E-state index contributed by atoms with van der Waals surface area (Å²) in [6.07, 6.45) is 0. The molecule has 6 heteroatoms. The number of anilines is 1. The maximum atomic E-state index is 12.0. The molecule has 0 aliphatic rings. The van der Waals surface area contributed by atoms with E-state index in [0.717, 1.165) is 5.69 Å². The van der Waals surface area contributed by atoms with Gasteiger partial charge < -0.3 is 14.1 Å². The first-order valence-corrected chi connectivity index (χ1v) is 6.35. The monoisotopic (exact) mass is 286 g/mol.